The number of aliphatic hydroxyl groups is 1. The topological polar surface area (TPSA) is 49.8 Å². The molecule has 0 radical (unpaired) electrons. The molecule has 1 saturated heterocycles. The van der Waals surface area contributed by atoms with E-state index >= 15 is 0 Å². The number of carbonyl (C=O) groups is 1. The number of carbonyl (C=O) groups excluding carboxylic acids is 1. The Hall–Kier alpha value is -2.40. The zero-order valence-electron chi connectivity index (χ0n) is 13.8. The Labute approximate surface area is 145 Å². The molecule has 0 saturated carbocycles. The molecule has 1 aliphatic heterocycles. The molecular weight excluding hydrogens is 321 g/mol. The van der Waals surface area contributed by atoms with Gasteiger partial charge in [-0.3, -0.25) is 4.90 Å². The van der Waals surface area contributed by atoms with Crippen molar-refractivity contribution in [1.82, 2.24) is 4.90 Å². The number of hydrogen-bond acceptors (Lipinski definition) is 3. The van der Waals surface area contributed by atoms with E-state index in [1.807, 2.05) is 36.4 Å². The molecule has 2 aromatic rings. The first-order chi connectivity index (χ1) is 12.2. The lowest BCUT2D eigenvalue weighted by atomic mass is 9.98. The highest BCUT2D eigenvalue weighted by atomic mass is 19.1. The number of amides is 1. The molecule has 2 unspecified atom stereocenters. The monoisotopic (exact) mass is 341 g/mol. The Kier molecular flexibility index (Phi) is 4.17. The van der Waals surface area contributed by atoms with Crippen LogP contribution in [-0.4, -0.2) is 41.7 Å². The number of nitrogens with zero attached hydrogens (tertiary/aromatic N) is 1. The van der Waals surface area contributed by atoms with E-state index in [4.69, 9.17) is 4.74 Å². The van der Waals surface area contributed by atoms with Crippen LogP contribution in [0.4, 0.5) is 9.18 Å². The third-order valence-electron chi connectivity index (χ3n) is 5.09. The molecule has 0 spiro atoms. The van der Waals surface area contributed by atoms with Gasteiger partial charge in [-0.05, 0) is 35.1 Å². The summed E-state index contributed by atoms with van der Waals surface area (Å²) in [4.78, 5) is 13.4. The number of likely N-dealkylation sites (tertiary alicyclic amines) is 1. The summed E-state index contributed by atoms with van der Waals surface area (Å²) < 4.78 is 19.1. The fourth-order valence-electron chi connectivity index (χ4n) is 3.81. The van der Waals surface area contributed by atoms with Crippen molar-refractivity contribution in [2.75, 3.05) is 13.2 Å². The minimum Gasteiger partial charge on any atom is -0.448 e. The van der Waals surface area contributed by atoms with Crippen LogP contribution in [0.1, 0.15) is 29.9 Å². The second-order valence-electron chi connectivity index (χ2n) is 6.57. The molecule has 1 N–H and O–H groups in total. The number of ether oxygens (including phenoxy) is 1. The van der Waals surface area contributed by atoms with Crippen LogP contribution in [0.3, 0.4) is 0 Å². The number of hydrogen-bond donors (Lipinski definition) is 1. The van der Waals surface area contributed by atoms with Crippen LogP contribution in [0, 0.1) is 0 Å². The Morgan fingerprint density at radius 1 is 1.12 bits per heavy atom. The van der Waals surface area contributed by atoms with Crippen LogP contribution in [0.2, 0.25) is 0 Å². The number of halogens is 1. The average Bonchev–Trinajstić information content (AvgIpc) is 2.96. The van der Waals surface area contributed by atoms with Gasteiger partial charge in [-0.2, -0.15) is 0 Å². The van der Waals surface area contributed by atoms with E-state index in [-0.39, 0.29) is 18.9 Å². The zero-order valence-corrected chi connectivity index (χ0v) is 13.8. The van der Waals surface area contributed by atoms with Gasteiger partial charge in [-0.1, -0.05) is 48.5 Å². The molecule has 2 aliphatic rings. The van der Waals surface area contributed by atoms with Crippen LogP contribution >= 0.6 is 0 Å². The summed E-state index contributed by atoms with van der Waals surface area (Å²) in [6.07, 6.45) is -2.67. The molecule has 4 rings (SSSR count). The van der Waals surface area contributed by atoms with Crippen LogP contribution in [0.5, 0.6) is 0 Å². The maximum Gasteiger partial charge on any atom is 0.411 e. The van der Waals surface area contributed by atoms with Gasteiger partial charge in [0.15, 0.2) is 6.23 Å². The van der Waals surface area contributed by atoms with Crippen molar-refractivity contribution in [3.05, 3.63) is 59.7 Å². The summed E-state index contributed by atoms with van der Waals surface area (Å²) in [5, 5.41) is 9.87. The van der Waals surface area contributed by atoms with Crippen LogP contribution < -0.4 is 0 Å². The molecule has 25 heavy (non-hydrogen) atoms. The minimum atomic E-state index is -1.41. The fourth-order valence-corrected chi connectivity index (χ4v) is 3.81. The molecule has 1 amide bonds. The van der Waals surface area contributed by atoms with Gasteiger partial charge in [0.1, 0.15) is 12.8 Å². The van der Waals surface area contributed by atoms with E-state index in [9.17, 15) is 14.3 Å². The quantitative estimate of drug-likeness (QED) is 0.906. The maximum absolute atomic E-state index is 13.6. The maximum atomic E-state index is 13.6. The Morgan fingerprint density at radius 3 is 2.36 bits per heavy atom. The summed E-state index contributed by atoms with van der Waals surface area (Å²) in [6, 6.07) is 16.2. The predicted octanol–water partition coefficient (Wildman–Crippen LogP) is 3.69. The number of fused-ring (bicyclic) bond motifs is 3. The van der Waals surface area contributed by atoms with E-state index in [1.165, 1.54) is 0 Å². The van der Waals surface area contributed by atoms with E-state index in [0.717, 1.165) is 27.2 Å². The van der Waals surface area contributed by atoms with E-state index in [1.54, 1.807) is 0 Å². The van der Waals surface area contributed by atoms with Crippen LogP contribution in [-0.2, 0) is 4.74 Å². The number of aliphatic hydroxyl groups excluding tert-OH is 1. The average molecular weight is 341 g/mol. The fraction of sp³-hybridized carbons (Fsp3) is 0.350. The van der Waals surface area contributed by atoms with Gasteiger partial charge in [0.25, 0.3) is 0 Å². The zero-order chi connectivity index (χ0) is 17.4. The van der Waals surface area contributed by atoms with Gasteiger partial charge in [0, 0.05) is 12.5 Å². The SMILES string of the molecule is O=C(OCC1c2ccccc2-c2ccccc21)N1CCCC(F)C1O. The molecule has 130 valence electrons. The van der Waals surface area contributed by atoms with Gasteiger partial charge in [0.05, 0.1) is 0 Å². The summed E-state index contributed by atoms with van der Waals surface area (Å²) in [6.45, 7) is 0.491. The van der Waals surface area contributed by atoms with Gasteiger partial charge < -0.3 is 9.84 Å². The summed E-state index contributed by atoms with van der Waals surface area (Å²) in [5.74, 6) is -0.0422. The Morgan fingerprint density at radius 2 is 1.72 bits per heavy atom. The highest BCUT2D eigenvalue weighted by Crippen LogP contribution is 2.44. The van der Waals surface area contributed by atoms with Crippen LogP contribution in [0.25, 0.3) is 11.1 Å². The van der Waals surface area contributed by atoms with Crippen molar-refractivity contribution in [1.29, 1.82) is 0 Å². The molecule has 1 aliphatic carbocycles. The van der Waals surface area contributed by atoms with Crippen molar-refractivity contribution in [3.63, 3.8) is 0 Å². The van der Waals surface area contributed by atoms with E-state index < -0.39 is 18.5 Å². The Balaban J connectivity index is 1.52. The molecule has 4 nitrogen and oxygen atoms in total. The van der Waals surface area contributed by atoms with E-state index in [2.05, 4.69) is 12.1 Å². The second-order valence-corrected chi connectivity index (χ2v) is 6.57. The van der Waals surface area contributed by atoms with Crippen LogP contribution in [0.15, 0.2) is 48.5 Å². The summed E-state index contributed by atoms with van der Waals surface area (Å²) >= 11 is 0. The summed E-state index contributed by atoms with van der Waals surface area (Å²) in [5.41, 5.74) is 4.56. The van der Waals surface area contributed by atoms with Gasteiger partial charge in [-0.25, -0.2) is 9.18 Å². The van der Waals surface area contributed by atoms with Crippen molar-refractivity contribution < 1.29 is 19.0 Å². The smallest absolute Gasteiger partial charge is 0.411 e. The predicted molar refractivity (Wildman–Crippen MR) is 91.9 cm³/mol. The first kappa shape index (κ1) is 16.1. The molecule has 0 aromatic heterocycles. The number of benzene rings is 2. The number of rotatable bonds is 2. The molecule has 1 fully saturated rings. The lowest BCUT2D eigenvalue weighted by molar-refractivity contribution is -0.0683. The first-order valence-corrected chi connectivity index (χ1v) is 8.60. The van der Waals surface area contributed by atoms with Gasteiger partial charge >= 0.3 is 6.09 Å². The highest BCUT2D eigenvalue weighted by Gasteiger charge is 2.35. The number of piperidine rings is 1. The molecule has 2 aromatic carbocycles. The third-order valence-corrected chi connectivity index (χ3v) is 5.09. The molecular formula is C20H20FNO3. The van der Waals surface area contributed by atoms with Crippen molar-refractivity contribution in [2.24, 2.45) is 0 Å². The minimum absolute atomic E-state index is 0.0422. The summed E-state index contributed by atoms with van der Waals surface area (Å²) in [7, 11) is 0. The molecule has 0 bridgehead atoms. The standard InChI is InChI=1S/C20H20FNO3/c21-18-10-5-11-22(19(18)23)20(24)25-12-17-15-8-3-1-6-13(15)14-7-2-4-9-16(14)17/h1-4,6-9,17-19,23H,5,10-12H2. The van der Waals surface area contributed by atoms with E-state index in [0.29, 0.717) is 13.0 Å². The third kappa shape index (κ3) is 2.78. The van der Waals surface area contributed by atoms with Crippen molar-refractivity contribution in [3.8, 4) is 11.1 Å². The molecule has 2 atom stereocenters. The lowest BCUT2D eigenvalue weighted by Crippen LogP contribution is -2.49. The molecule has 1 heterocycles. The van der Waals surface area contributed by atoms with Gasteiger partial charge in [0.2, 0.25) is 0 Å². The van der Waals surface area contributed by atoms with Gasteiger partial charge in [-0.15, -0.1) is 0 Å². The Bertz CT molecular complexity index is 749. The first-order valence-electron chi connectivity index (χ1n) is 8.60. The highest BCUT2D eigenvalue weighted by molar-refractivity contribution is 5.79. The largest absolute Gasteiger partial charge is 0.448 e. The molecule has 5 heteroatoms. The van der Waals surface area contributed by atoms with Crippen molar-refractivity contribution >= 4 is 6.09 Å². The lowest BCUT2D eigenvalue weighted by Gasteiger charge is -2.33. The normalized spacial score (nSPS) is 22.4. The second kappa shape index (κ2) is 6.48. The number of alkyl halides is 1. The van der Waals surface area contributed by atoms with Crippen molar-refractivity contribution in [2.45, 2.75) is 31.2 Å².